The molecule has 0 saturated carbocycles. The van der Waals surface area contributed by atoms with Gasteiger partial charge in [-0.05, 0) is 25.1 Å². The van der Waals surface area contributed by atoms with Crippen molar-refractivity contribution in [1.29, 1.82) is 0 Å². The first-order valence-corrected chi connectivity index (χ1v) is 7.40. The number of benzene rings is 1. The highest BCUT2D eigenvalue weighted by atomic mass is 32.2. The third-order valence-corrected chi connectivity index (χ3v) is 4.25. The van der Waals surface area contributed by atoms with Gasteiger partial charge in [-0.3, -0.25) is 0 Å². The molecule has 0 bridgehead atoms. The second kappa shape index (κ2) is 5.59. The summed E-state index contributed by atoms with van der Waals surface area (Å²) in [6, 6.07) is 3.02. The number of nitrogens with two attached hydrogens (primary N) is 1. The molecule has 1 unspecified atom stereocenters. The summed E-state index contributed by atoms with van der Waals surface area (Å²) >= 11 is 0. The van der Waals surface area contributed by atoms with E-state index in [1.54, 1.807) is 30.2 Å². The second-order valence-electron chi connectivity index (χ2n) is 4.47. The lowest BCUT2D eigenvalue weighted by atomic mass is 10.3. The Morgan fingerprint density at radius 3 is 2.90 bits per heavy atom. The van der Waals surface area contributed by atoms with Crippen LogP contribution in [-0.4, -0.2) is 24.0 Å². The Labute approximate surface area is 116 Å². The van der Waals surface area contributed by atoms with Crippen LogP contribution in [0.1, 0.15) is 6.92 Å². The molecule has 0 aliphatic rings. The van der Waals surface area contributed by atoms with Crippen molar-refractivity contribution in [2.24, 2.45) is 0 Å². The van der Waals surface area contributed by atoms with E-state index in [9.17, 15) is 12.8 Å². The number of imidazole rings is 1. The average molecular weight is 298 g/mol. The zero-order valence-electron chi connectivity index (χ0n) is 10.8. The van der Waals surface area contributed by atoms with Gasteiger partial charge in [0.25, 0.3) is 0 Å². The van der Waals surface area contributed by atoms with Crippen molar-refractivity contribution in [3.05, 3.63) is 42.7 Å². The number of anilines is 1. The van der Waals surface area contributed by atoms with Gasteiger partial charge in [-0.25, -0.2) is 22.5 Å². The Kier molecular flexibility index (Phi) is 4.05. The van der Waals surface area contributed by atoms with E-state index in [0.29, 0.717) is 6.54 Å². The number of rotatable bonds is 5. The lowest BCUT2D eigenvalue weighted by molar-refractivity contribution is 0.513. The molecule has 0 spiro atoms. The largest absolute Gasteiger partial charge is 0.399 e. The first-order chi connectivity index (χ1) is 9.38. The Morgan fingerprint density at radius 2 is 2.25 bits per heavy atom. The molecular formula is C12H15FN4O2S. The second-order valence-corrected chi connectivity index (χ2v) is 6.15. The molecule has 0 aliphatic heterocycles. The molecule has 0 fully saturated rings. The quantitative estimate of drug-likeness (QED) is 0.805. The molecule has 108 valence electrons. The van der Waals surface area contributed by atoms with Gasteiger partial charge in [-0.15, -0.1) is 0 Å². The number of hydrogen-bond donors (Lipinski definition) is 2. The molecule has 1 heterocycles. The van der Waals surface area contributed by atoms with Gasteiger partial charge in [0.05, 0.1) is 6.33 Å². The number of nitrogens with one attached hydrogen (secondary N) is 1. The van der Waals surface area contributed by atoms with E-state index in [1.807, 2.05) is 0 Å². The Hall–Kier alpha value is -1.93. The summed E-state index contributed by atoms with van der Waals surface area (Å²) in [5, 5.41) is 0. The van der Waals surface area contributed by atoms with Gasteiger partial charge in [-0.2, -0.15) is 0 Å². The van der Waals surface area contributed by atoms with Crippen molar-refractivity contribution in [1.82, 2.24) is 14.3 Å². The number of aromatic nitrogens is 2. The van der Waals surface area contributed by atoms with Crippen LogP contribution >= 0.6 is 0 Å². The third kappa shape index (κ3) is 3.34. The van der Waals surface area contributed by atoms with Crippen LogP contribution in [0.15, 0.2) is 41.8 Å². The Morgan fingerprint density at radius 1 is 1.50 bits per heavy atom. The van der Waals surface area contributed by atoms with E-state index >= 15 is 0 Å². The first-order valence-electron chi connectivity index (χ1n) is 5.91. The van der Waals surface area contributed by atoms with Crippen molar-refractivity contribution >= 4 is 15.7 Å². The topological polar surface area (TPSA) is 90.0 Å². The summed E-state index contributed by atoms with van der Waals surface area (Å²) < 4.78 is 42.0. The minimum Gasteiger partial charge on any atom is -0.399 e. The summed E-state index contributed by atoms with van der Waals surface area (Å²) in [4.78, 5) is 3.42. The van der Waals surface area contributed by atoms with Crippen LogP contribution in [0.4, 0.5) is 10.1 Å². The molecule has 1 atom stereocenters. The average Bonchev–Trinajstić information content (AvgIpc) is 2.84. The van der Waals surface area contributed by atoms with E-state index in [4.69, 9.17) is 5.73 Å². The number of sulfonamides is 1. The van der Waals surface area contributed by atoms with Crippen molar-refractivity contribution in [2.75, 3.05) is 5.73 Å². The van der Waals surface area contributed by atoms with Crippen LogP contribution in [-0.2, 0) is 16.6 Å². The van der Waals surface area contributed by atoms with E-state index in [2.05, 4.69) is 9.71 Å². The molecule has 20 heavy (non-hydrogen) atoms. The molecule has 6 nitrogen and oxygen atoms in total. The summed E-state index contributed by atoms with van der Waals surface area (Å²) in [5.74, 6) is -0.832. The minimum atomic E-state index is -3.95. The van der Waals surface area contributed by atoms with Crippen LogP contribution in [0, 0.1) is 5.82 Å². The molecule has 8 heteroatoms. The monoisotopic (exact) mass is 298 g/mol. The van der Waals surface area contributed by atoms with E-state index in [-0.39, 0.29) is 5.69 Å². The van der Waals surface area contributed by atoms with Crippen molar-refractivity contribution < 1.29 is 12.8 Å². The molecule has 0 aliphatic carbocycles. The van der Waals surface area contributed by atoms with Gasteiger partial charge in [0.15, 0.2) is 0 Å². The molecule has 0 saturated heterocycles. The molecule has 1 aromatic carbocycles. The number of nitrogen functional groups attached to an aromatic ring is 1. The Bertz CT molecular complexity index is 685. The van der Waals surface area contributed by atoms with Crippen LogP contribution in [0.3, 0.4) is 0 Å². The van der Waals surface area contributed by atoms with Gasteiger partial charge in [0, 0.05) is 30.7 Å². The molecule has 0 amide bonds. The summed E-state index contributed by atoms with van der Waals surface area (Å²) in [6.45, 7) is 2.07. The van der Waals surface area contributed by atoms with E-state index < -0.39 is 26.8 Å². The van der Waals surface area contributed by atoms with Crippen LogP contribution in [0.25, 0.3) is 0 Å². The molecular weight excluding hydrogens is 283 g/mol. The van der Waals surface area contributed by atoms with E-state index in [1.165, 1.54) is 6.07 Å². The smallest absolute Gasteiger partial charge is 0.243 e. The fourth-order valence-corrected chi connectivity index (χ4v) is 3.15. The molecule has 1 aromatic heterocycles. The SMILES string of the molecule is CC(Cn1ccnc1)NS(=O)(=O)c1cc(N)ccc1F. The number of halogens is 1. The fraction of sp³-hybridized carbons (Fsp3) is 0.250. The Balaban J connectivity index is 2.16. The molecule has 3 N–H and O–H groups in total. The van der Waals surface area contributed by atoms with Crippen LogP contribution in [0.5, 0.6) is 0 Å². The zero-order chi connectivity index (χ0) is 14.8. The van der Waals surface area contributed by atoms with Gasteiger partial charge >= 0.3 is 0 Å². The van der Waals surface area contributed by atoms with E-state index in [0.717, 1.165) is 12.1 Å². The molecule has 0 radical (unpaired) electrons. The van der Waals surface area contributed by atoms with Crippen molar-refractivity contribution in [3.8, 4) is 0 Å². The molecule has 2 rings (SSSR count). The van der Waals surface area contributed by atoms with Gasteiger partial charge in [0.2, 0.25) is 10.0 Å². The van der Waals surface area contributed by atoms with Crippen molar-refractivity contribution in [2.45, 2.75) is 24.4 Å². The lowest BCUT2D eigenvalue weighted by Gasteiger charge is -2.15. The fourth-order valence-electron chi connectivity index (χ4n) is 1.80. The van der Waals surface area contributed by atoms with Gasteiger partial charge in [-0.1, -0.05) is 0 Å². The predicted octanol–water partition coefficient (Wildman–Crippen LogP) is 0.971. The van der Waals surface area contributed by atoms with Gasteiger partial charge < -0.3 is 10.3 Å². The normalized spacial score (nSPS) is 13.3. The zero-order valence-corrected chi connectivity index (χ0v) is 11.6. The highest BCUT2D eigenvalue weighted by molar-refractivity contribution is 7.89. The third-order valence-electron chi connectivity index (χ3n) is 2.64. The lowest BCUT2D eigenvalue weighted by Crippen LogP contribution is -2.35. The standard InChI is InChI=1S/C12H15FN4O2S/c1-9(7-17-5-4-15-8-17)16-20(18,19)12-6-10(14)2-3-11(12)13/h2-6,8-9,16H,7,14H2,1H3. The molecule has 2 aromatic rings. The van der Waals surface area contributed by atoms with Crippen LogP contribution in [0.2, 0.25) is 0 Å². The highest BCUT2D eigenvalue weighted by Gasteiger charge is 2.21. The van der Waals surface area contributed by atoms with Crippen molar-refractivity contribution in [3.63, 3.8) is 0 Å². The number of nitrogens with zero attached hydrogens (tertiary/aromatic N) is 2. The van der Waals surface area contributed by atoms with Gasteiger partial charge in [0.1, 0.15) is 10.7 Å². The maximum Gasteiger partial charge on any atom is 0.243 e. The summed E-state index contributed by atoms with van der Waals surface area (Å²) in [7, 11) is -3.95. The maximum atomic E-state index is 13.6. The highest BCUT2D eigenvalue weighted by Crippen LogP contribution is 2.17. The summed E-state index contributed by atoms with van der Waals surface area (Å²) in [5.41, 5.74) is 5.68. The minimum absolute atomic E-state index is 0.189. The maximum absolute atomic E-state index is 13.6. The summed E-state index contributed by atoms with van der Waals surface area (Å²) in [6.07, 6.45) is 4.89. The predicted molar refractivity (Wildman–Crippen MR) is 72.8 cm³/mol. The first kappa shape index (κ1) is 14.5. The van der Waals surface area contributed by atoms with Crippen LogP contribution < -0.4 is 10.5 Å². The number of hydrogen-bond acceptors (Lipinski definition) is 4.